The van der Waals surface area contributed by atoms with Gasteiger partial charge in [-0.25, -0.2) is 19.1 Å². The molecular weight excluding hydrogens is 713 g/mol. The van der Waals surface area contributed by atoms with Gasteiger partial charge in [0.1, 0.15) is 11.2 Å². The molecule has 10 rings (SSSR count). The van der Waals surface area contributed by atoms with Crippen LogP contribution in [-0.2, 0) is 23.2 Å². The highest BCUT2D eigenvalue weighted by Gasteiger charge is 2.59. The summed E-state index contributed by atoms with van der Waals surface area (Å²) < 4.78 is 14.2. The average molecular weight is 753 g/mol. The first kappa shape index (κ1) is 34.2. The number of fused-ring (bicyclic) bond motifs is 2. The lowest BCUT2D eigenvalue weighted by Gasteiger charge is -2.31. The van der Waals surface area contributed by atoms with Gasteiger partial charge in [0.2, 0.25) is 5.95 Å². The van der Waals surface area contributed by atoms with Crippen LogP contribution in [-0.4, -0.2) is 73.9 Å². The number of ether oxygens (including phenoxy) is 1. The summed E-state index contributed by atoms with van der Waals surface area (Å²) in [6.07, 6.45) is 2.80. The van der Waals surface area contributed by atoms with Gasteiger partial charge in [-0.3, -0.25) is 28.9 Å². The van der Waals surface area contributed by atoms with Crippen molar-refractivity contribution in [2.24, 2.45) is 5.92 Å². The Morgan fingerprint density at radius 2 is 1.59 bits per heavy atom. The third-order valence-electron chi connectivity index (χ3n) is 12.1. The second-order valence-corrected chi connectivity index (χ2v) is 15.3. The molecule has 56 heavy (non-hydrogen) atoms. The van der Waals surface area contributed by atoms with Crippen LogP contribution in [0.3, 0.4) is 0 Å². The fourth-order valence-corrected chi connectivity index (χ4v) is 9.05. The monoisotopic (exact) mass is 752 g/mol. The lowest BCUT2D eigenvalue weighted by molar-refractivity contribution is 0.0717. The number of benzene rings is 3. The maximum absolute atomic E-state index is 15.0. The van der Waals surface area contributed by atoms with Crippen LogP contribution < -0.4 is 21.1 Å². The number of H-pyrrole nitrogens is 1. The lowest BCUT2D eigenvalue weighted by atomic mass is 9.91. The van der Waals surface area contributed by atoms with E-state index < -0.39 is 11.3 Å². The number of amides is 3. The largest absolute Gasteiger partial charge is 0.438 e. The summed E-state index contributed by atoms with van der Waals surface area (Å²) in [6, 6.07) is 26.7. The van der Waals surface area contributed by atoms with Gasteiger partial charge in [0, 0.05) is 55.0 Å². The summed E-state index contributed by atoms with van der Waals surface area (Å²) in [7, 11) is 0. The van der Waals surface area contributed by atoms with E-state index in [1.807, 2.05) is 71.3 Å². The van der Waals surface area contributed by atoms with Gasteiger partial charge >= 0.3 is 11.8 Å². The van der Waals surface area contributed by atoms with Gasteiger partial charge in [-0.2, -0.15) is 0 Å². The number of hydrogen-bond donors (Lipinski definition) is 1. The SMILES string of the molecule is C[C@H]1C[C@]1(c1noc(=O)[nH]1)n1c(C(=O)N2CCc3c(nc(N4CCN(c5ccccc5)C4=O)n(-c4ccccc4)c3=O)C2)cc2cc(C3CCOCC3)ccc21. The number of carbonyl (C=O) groups is 2. The number of aromatic nitrogens is 5. The molecule has 2 saturated heterocycles. The highest BCUT2D eigenvalue weighted by Crippen LogP contribution is 2.56. The Bertz CT molecular complexity index is 2620. The standard InChI is InChI=1S/C42H40N8O6/c1-26-24-42(26,38-44-40(53)56-45-38)50-34-13-12-28(27-15-20-55-21-16-27)22-29(34)23-35(50)37(52)46-17-14-32-33(25-46)43-39(49(36(32)51)31-10-6-3-7-11-31)48-19-18-47(41(48)54)30-8-4-2-5-9-30/h2-13,22-23,26-27H,14-21,24-25H2,1H3,(H,44,45,53)/t26-,42-/m0/s1. The van der Waals surface area contributed by atoms with Crippen molar-refractivity contribution >= 4 is 34.5 Å². The fraction of sp³-hybridized carbons (Fsp3) is 0.333. The van der Waals surface area contributed by atoms with Crippen LogP contribution in [0.4, 0.5) is 16.4 Å². The number of nitrogens with zero attached hydrogens (tertiary/aromatic N) is 7. The van der Waals surface area contributed by atoms with Gasteiger partial charge < -0.3 is 14.2 Å². The van der Waals surface area contributed by atoms with E-state index in [2.05, 4.69) is 35.3 Å². The molecule has 284 valence electrons. The van der Waals surface area contributed by atoms with Gasteiger partial charge in [-0.15, -0.1) is 0 Å². The third kappa shape index (κ3) is 5.41. The Hall–Kier alpha value is -6.28. The lowest BCUT2D eigenvalue weighted by Crippen LogP contribution is -2.43. The van der Waals surface area contributed by atoms with E-state index in [9.17, 15) is 19.2 Å². The van der Waals surface area contributed by atoms with Gasteiger partial charge in [-0.05, 0) is 85.5 Å². The second-order valence-electron chi connectivity index (χ2n) is 15.3. The molecule has 4 aliphatic rings. The van der Waals surface area contributed by atoms with Crippen molar-refractivity contribution < 1.29 is 18.8 Å². The van der Waals surface area contributed by atoms with Crippen molar-refractivity contribution in [2.45, 2.75) is 50.6 Å². The van der Waals surface area contributed by atoms with Crippen molar-refractivity contribution in [1.82, 2.24) is 29.2 Å². The summed E-state index contributed by atoms with van der Waals surface area (Å²) in [6.45, 7) is 4.62. The smallest absolute Gasteiger partial charge is 0.381 e. The number of aromatic amines is 1. The second kappa shape index (κ2) is 13.2. The minimum absolute atomic E-state index is 0.0526. The van der Waals surface area contributed by atoms with Crippen molar-refractivity contribution in [3.63, 3.8) is 0 Å². The number of rotatable bonds is 7. The molecule has 3 fully saturated rings. The summed E-state index contributed by atoms with van der Waals surface area (Å²) in [5.74, 6) is 0.129. The molecule has 6 heterocycles. The van der Waals surface area contributed by atoms with E-state index in [0.29, 0.717) is 73.6 Å². The normalized spacial score (nSPS) is 21.2. The first-order valence-electron chi connectivity index (χ1n) is 19.3. The van der Waals surface area contributed by atoms with E-state index in [-0.39, 0.29) is 42.3 Å². The molecule has 3 aromatic carbocycles. The van der Waals surface area contributed by atoms with Gasteiger partial charge in [0.05, 0.1) is 17.9 Å². The molecule has 1 saturated carbocycles. The predicted octanol–water partition coefficient (Wildman–Crippen LogP) is 5.19. The molecule has 3 aliphatic heterocycles. The Balaban J connectivity index is 1.06. The van der Waals surface area contributed by atoms with Crippen LogP contribution >= 0.6 is 0 Å². The van der Waals surface area contributed by atoms with Crippen molar-refractivity contribution in [3.8, 4) is 5.69 Å². The number of nitrogens with one attached hydrogen (secondary N) is 1. The van der Waals surface area contributed by atoms with Crippen LogP contribution in [0, 0.1) is 5.92 Å². The first-order valence-corrected chi connectivity index (χ1v) is 19.3. The zero-order valence-electron chi connectivity index (χ0n) is 30.9. The van der Waals surface area contributed by atoms with E-state index >= 15 is 0 Å². The number of hydrogen-bond acceptors (Lipinski definition) is 8. The summed E-state index contributed by atoms with van der Waals surface area (Å²) in [5, 5.41) is 5.05. The summed E-state index contributed by atoms with van der Waals surface area (Å²) in [4.78, 5) is 68.5. The minimum Gasteiger partial charge on any atom is -0.381 e. The molecule has 0 bridgehead atoms. The van der Waals surface area contributed by atoms with Gasteiger partial charge in [0.25, 0.3) is 11.5 Å². The zero-order chi connectivity index (χ0) is 38.1. The molecule has 6 aromatic rings. The molecule has 3 aromatic heterocycles. The van der Waals surface area contributed by atoms with Crippen LogP contribution in [0.5, 0.6) is 0 Å². The summed E-state index contributed by atoms with van der Waals surface area (Å²) in [5.41, 5.74) is 3.80. The molecule has 14 heteroatoms. The highest BCUT2D eigenvalue weighted by atomic mass is 16.5. The number of anilines is 2. The van der Waals surface area contributed by atoms with Crippen molar-refractivity contribution in [2.75, 3.05) is 42.6 Å². The van der Waals surface area contributed by atoms with Crippen LogP contribution in [0.2, 0.25) is 0 Å². The van der Waals surface area contributed by atoms with Gasteiger partial charge in [0.15, 0.2) is 5.82 Å². The molecule has 2 atom stereocenters. The highest BCUT2D eigenvalue weighted by molar-refractivity contribution is 6.05. The first-order chi connectivity index (χ1) is 27.3. The molecule has 0 spiro atoms. The molecule has 1 aliphatic carbocycles. The van der Waals surface area contributed by atoms with Gasteiger partial charge in [-0.1, -0.05) is 54.5 Å². The van der Waals surface area contributed by atoms with Crippen molar-refractivity contribution in [1.29, 1.82) is 0 Å². The Morgan fingerprint density at radius 3 is 2.29 bits per heavy atom. The third-order valence-corrected chi connectivity index (χ3v) is 12.1. The molecule has 0 unspecified atom stereocenters. The number of para-hydroxylation sites is 2. The molecule has 3 amide bonds. The zero-order valence-corrected chi connectivity index (χ0v) is 30.9. The Kier molecular flexibility index (Phi) is 8.06. The molecule has 0 radical (unpaired) electrons. The number of carbonyl (C=O) groups excluding carboxylic acids is 2. The van der Waals surface area contributed by atoms with Crippen LogP contribution in [0.1, 0.15) is 65.2 Å². The molecule has 1 N–H and O–H groups in total. The van der Waals surface area contributed by atoms with E-state index in [1.54, 1.807) is 14.7 Å². The Morgan fingerprint density at radius 1 is 0.875 bits per heavy atom. The van der Waals surface area contributed by atoms with E-state index in [1.165, 1.54) is 10.1 Å². The van der Waals surface area contributed by atoms with E-state index in [0.717, 1.165) is 29.4 Å². The van der Waals surface area contributed by atoms with Crippen LogP contribution in [0.25, 0.3) is 16.6 Å². The average Bonchev–Trinajstić information content (AvgIpc) is 3.56. The molecule has 14 nitrogen and oxygen atoms in total. The topological polar surface area (TPSA) is 152 Å². The van der Waals surface area contributed by atoms with E-state index in [4.69, 9.17) is 14.2 Å². The molecular formula is C42H40N8O6. The van der Waals surface area contributed by atoms with Crippen LogP contribution in [0.15, 0.2) is 99.0 Å². The fourth-order valence-electron chi connectivity index (χ4n) is 9.05. The predicted molar refractivity (Wildman–Crippen MR) is 208 cm³/mol. The summed E-state index contributed by atoms with van der Waals surface area (Å²) >= 11 is 0. The number of urea groups is 1. The maximum atomic E-state index is 15.0. The quantitative estimate of drug-likeness (QED) is 0.234. The van der Waals surface area contributed by atoms with Crippen molar-refractivity contribution in [3.05, 3.63) is 134 Å². The maximum Gasteiger partial charge on any atom is 0.438 e. The Labute approximate surface area is 320 Å². The minimum atomic E-state index is -0.789.